The maximum Gasteiger partial charge on any atom is 0.274 e. The number of hydrogen-bond donors (Lipinski definition) is 1. The van der Waals surface area contributed by atoms with Crippen LogP contribution in [0.2, 0.25) is 5.02 Å². The van der Waals surface area contributed by atoms with E-state index in [1.54, 1.807) is 11.6 Å². The summed E-state index contributed by atoms with van der Waals surface area (Å²) in [6.45, 7) is 0.864. The van der Waals surface area contributed by atoms with E-state index in [1.165, 1.54) is 33.9 Å². The van der Waals surface area contributed by atoms with Crippen LogP contribution in [0, 0.1) is 5.82 Å². The first kappa shape index (κ1) is 23.6. The second kappa shape index (κ2) is 9.16. The molecule has 1 aliphatic rings. The lowest BCUT2D eigenvalue weighted by Gasteiger charge is -2.25. The van der Waals surface area contributed by atoms with Gasteiger partial charge in [0.1, 0.15) is 17.8 Å². The third-order valence-electron chi connectivity index (χ3n) is 6.27. The molecule has 10 heteroatoms. The van der Waals surface area contributed by atoms with Gasteiger partial charge in [-0.1, -0.05) is 48.0 Å². The highest BCUT2D eigenvalue weighted by molar-refractivity contribution is 6.30. The molecule has 1 aliphatic heterocycles. The number of likely N-dealkylation sites (N-methyl/N-ethyl adjacent to an activating group) is 1. The maximum atomic E-state index is 13.8. The van der Waals surface area contributed by atoms with Gasteiger partial charge < -0.3 is 24.5 Å². The van der Waals surface area contributed by atoms with Gasteiger partial charge in [0.05, 0.1) is 22.6 Å². The molecule has 36 heavy (non-hydrogen) atoms. The number of nitrogens with zero attached hydrogens (tertiary/aromatic N) is 3. The first-order valence-corrected chi connectivity index (χ1v) is 11.6. The number of benzene rings is 2. The van der Waals surface area contributed by atoms with E-state index in [1.807, 2.05) is 30.3 Å². The molecule has 0 spiro atoms. The van der Waals surface area contributed by atoms with Gasteiger partial charge >= 0.3 is 0 Å². The van der Waals surface area contributed by atoms with Crippen molar-refractivity contribution in [1.29, 1.82) is 0 Å². The molecule has 2 aromatic carbocycles. The van der Waals surface area contributed by atoms with Crippen molar-refractivity contribution in [3.63, 3.8) is 0 Å². The first-order chi connectivity index (χ1) is 17.3. The zero-order valence-electron chi connectivity index (χ0n) is 19.3. The summed E-state index contributed by atoms with van der Waals surface area (Å²) in [6, 6.07) is 13.4. The summed E-state index contributed by atoms with van der Waals surface area (Å²) in [5.74, 6) is -1.57. The van der Waals surface area contributed by atoms with Gasteiger partial charge in [0, 0.05) is 26.3 Å². The van der Waals surface area contributed by atoms with Crippen LogP contribution in [0.1, 0.15) is 32.0 Å². The Kier molecular flexibility index (Phi) is 6.01. The van der Waals surface area contributed by atoms with E-state index in [0.29, 0.717) is 18.7 Å². The molecule has 2 amide bonds. The molecule has 0 aliphatic carbocycles. The Hall–Kier alpha value is -4.11. The molecule has 0 fully saturated rings. The number of carbonyl (C=O) groups excluding carboxylic acids is 2. The number of ether oxygens (including phenoxy) is 1. The SMILES string of the molecule is CN1CCn2c(c(OCc3ccccc3)c3c(=O)n(Cc4ccc(F)c(Cl)c4)cc(C(N)=O)c32)C1=O. The zero-order chi connectivity index (χ0) is 25.6. The highest BCUT2D eigenvalue weighted by Gasteiger charge is 2.34. The lowest BCUT2D eigenvalue weighted by molar-refractivity contribution is 0.0744. The van der Waals surface area contributed by atoms with Gasteiger partial charge in [0.15, 0.2) is 11.4 Å². The largest absolute Gasteiger partial charge is 0.486 e. The fraction of sp³-hybridized carbons (Fsp3) is 0.192. The van der Waals surface area contributed by atoms with Gasteiger partial charge in [-0.2, -0.15) is 0 Å². The number of hydrogen-bond acceptors (Lipinski definition) is 4. The van der Waals surface area contributed by atoms with Crippen molar-refractivity contribution in [2.24, 2.45) is 5.73 Å². The average Bonchev–Trinajstić information content (AvgIpc) is 3.19. The molecule has 0 saturated heterocycles. The Morgan fingerprint density at radius 1 is 1.11 bits per heavy atom. The lowest BCUT2D eigenvalue weighted by atomic mass is 10.1. The van der Waals surface area contributed by atoms with Crippen LogP contribution in [0.3, 0.4) is 0 Å². The minimum absolute atomic E-state index is 0.00153. The van der Waals surface area contributed by atoms with Gasteiger partial charge in [-0.15, -0.1) is 0 Å². The number of primary amides is 1. The Labute approximate surface area is 210 Å². The van der Waals surface area contributed by atoms with E-state index in [2.05, 4.69) is 0 Å². The smallest absolute Gasteiger partial charge is 0.274 e. The summed E-state index contributed by atoms with van der Waals surface area (Å²) in [7, 11) is 1.66. The molecule has 0 unspecified atom stereocenters. The fourth-order valence-corrected chi connectivity index (χ4v) is 4.67. The van der Waals surface area contributed by atoms with E-state index in [4.69, 9.17) is 22.1 Å². The zero-order valence-corrected chi connectivity index (χ0v) is 20.1. The van der Waals surface area contributed by atoms with Crippen molar-refractivity contribution in [2.45, 2.75) is 19.7 Å². The summed E-state index contributed by atoms with van der Waals surface area (Å²) in [6.07, 6.45) is 1.36. The Morgan fingerprint density at radius 3 is 2.56 bits per heavy atom. The second-order valence-electron chi connectivity index (χ2n) is 8.64. The van der Waals surface area contributed by atoms with E-state index in [0.717, 1.165) is 5.56 Å². The van der Waals surface area contributed by atoms with Crippen LogP contribution in [-0.2, 0) is 19.7 Å². The molecule has 3 heterocycles. The van der Waals surface area contributed by atoms with E-state index >= 15 is 0 Å². The quantitative estimate of drug-likeness (QED) is 0.431. The maximum absolute atomic E-state index is 13.8. The number of halogens is 2. The van der Waals surface area contributed by atoms with Crippen molar-refractivity contribution < 1.29 is 18.7 Å². The van der Waals surface area contributed by atoms with Crippen molar-refractivity contribution >= 4 is 34.3 Å². The van der Waals surface area contributed by atoms with Crippen LogP contribution in [0.4, 0.5) is 4.39 Å². The summed E-state index contributed by atoms with van der Waals surface area (Å²) in [5.41, 5.74) is 7.17. The van der Waals surface area contributed by atoms with E-state index in [9.17, 15) is 18.8 Å². The molecule has 0 radical (unpaired) electrons. The number of pyridine rings is 1. The minimum Gasteiger partial charge on any atom is -0.486 e. The Bertz CT molecular complexity index is 1580. The normalized spacial score (nSPS) is 13.2. The first-order valence-electron chi connectivity index (χ1n) is 11.2. The third-order valence-corrected chi connectivity index (χ3v) is 6.56. The Balaban J connectivity index is 1.74. The summed E-state index contributed by atoms with van der Waals surface area (Å²) in [5, 5.41) is 0.00527. The topological polar surface area (TPSA) is 99.6 Å². The van der Waals surface area contributed by atoms with Crippen molar-refractivity contribution in [1.82, 2.24) is 14.0 Å². The summed E-state index contributed by atoms with van der Waals surface area (Å²) in [4.78, 5) is 41.1. The van der Waals surface area contributed by atoms with Crippen molar-refractivity contribution in [3.05, 3.63) is 98.3 Å². The summed E-state index contributed by atoms with van der Waals surface area (Å²) >= 11 is 5.92. The molecular formula is C26H22ClFN4O4. The van der Waals surface area contributed by atoms with Gasteiger partial charge in [-0.25, -0.2) is 4.39 Å². The predicted octanol–water partition coefficient (Wildman–Crippen LogP) is 3.41. The molecule has 0 atom stereocenters. The van der Waals surface area contributed by atoms with Gasteiger partial charge in [0.25, 0.3) is 17.4 Å². The molecule has 5 rings (SSSR count). The van der Waals surface area contributed by atoms with Crippen LogP contribution < -0.4 is 16.0 Å². The number of nitrogens with two attached hydrogens (primary N) is 1. The standard InChI is InChI=1S/C26H22ClFN4O4/c1-30-9-10-32-21-17(24(29)33)13-31(12-16-7-8-19(28)18(27)11-16)25(34)20(21)23(22(32)26(30)35)36-14-15-5-3-2-4-6-15/h2-8,11,13H,9-10,12,14H2,1H3,(H2,29,33). The number of amides is 2. The molecule has 8 nitrogen and oxygen atoms in total. The van der Waals surface area contributed by atoms with E-state index in [-0.39, 0.29) is 52.0 Å². The van der Waals surface area contributed by atoms with Crippen LogP contribution in [0.15, 0.2) is 59.5 Å². The number of aromatic nitrogens is 2. The predicted molar refractivity (Wildman–Crippen MR) is 133 cm³/mol. The van der Waals surface area contributed by atoms with Gasteiger partial charge in [-0.05, 0) is 23.3 Å². The minimum atomic E-state index is -0.757. The number of carbonyl (C=O) groups is 2. The van der Waals surface area contributed by atoms with Crippen LogP contribution in [0.25, 0.3) is 10.9 Å². The highest BCUT2D eigenvalue weighted by atomic mass is 35.5. The van der Waals surface area contributed by atoms with Gasteiger partial charge in [-0.3, -0.25) is 14.4 Å². The number of fused-ring (bicyclic) bond motifs is 3. The van der Waals surface area contributed by atoms with Gasteiger partial charge in [0.2, 0.25) is 0 Å². The number of rotatable bonds is 6. The van der Waals surface area contributed by atoms with Crippen LogP contribution in [-0.4, -0.2) is 39.4 Å². The van der Waals surface area contributed by atoms with Crippen LogP contribution in [0.5, 0.6) is 5.75 Å². The highest BCUT2D eigenvalue weighted by Crippen LogP contribution is 2.36. The molecule has 184 valence electrons. The molecule has 0 saturated carbocycles. The molecule has 4 aromatic rings. The molecule has 0 bridgehead atoms. The molecule has 2 N–H and O–H groups in total. The average molecular weight is 509 g/mol. The van der Waals surface area contributed by atoms with Crippen molar-refractivity contribution in [3.8, 4) is 5.75 Å². The molecular weight excluding hydrogens is 487 g/mol. The van der Waals surface area contributed by atoms with Crippen LogP contribution >= 0.6 is 11.6 Å². The summed E-state index contributed by atoms with van der Waals surface area (Å²) < 4.78 is 22.7. The lowest BCUT2D eigenvalue weighted by Crippen LogP contribution is -2.37. The van der Waals surface area contributed by atoms with E-state index < -0.39 is 17.3 Å². The third kappa shape index (κ3) is 4.01. The monoisotopic (exact) mass is 508 g/mol. The fourth-order valence-electron chi connectivity index (χ4n) is 4.46. The Morgan fingerprint density at radius 2 is 1.86 bits per heavy atom. The molecule has 2 aromatic heterocycles. The second-order valence-corrected chi connectivity index (χ2v) is 9.05. The van der Waals surface area contributed by atoms with Crippen molar-refractivity contribution in [2.75, 3.05) is 13.6 Å².